The van der Waals surface area contributed by atoms with Crippen molar-refractivity contribution in [1.82, 2.24) is 4.98 Å². The van der Waals surface area contributed by atoms with E-state index in [1.54, 1.807) is 25.1 Å². The minimum atomic E-state index is -1.60. The summed E-state index contributed by atoms with van der Waals surface area (Å²) in [5, 5.41) is 0.594. The number of nitrogens with zero attached hydrogens (tertiary/aromatic N) is 1. The summed E-state index contributed by atoms with van der Waals surface area (Å²) in [6, 6.07) is 11.4. The van der Waals surface area contributed by atoms with Gasteiger partial charge in [-0.05, 0) is 53.9 Å². The number of hydrogen-bond acceptors (Lipinski definition) is 1. The van der Waals surface area contributed by atoms with E-state index in [0.717, 1.165) is 12.1 Å². The van der Waals surface area contributed by atoms with Crippen LogP contribution in [0.3, 0.4) is 0 Å². The normalized spacial score (nSPS) is 11.1. The molecule has 0 radical (unpaired) electrons. The zero-order chi connectivity index (χ0) is 17.3. The molecule has 0 saturated carbocycles. The number of halogens is 4. The van der Waals surface area contributed by atoms with Gasteiger partial charge < -0.3 is 0 Å². The van der Waals surface area contributed by atoms with Gasteiger partial charge in [-0.2, -0.15) is 0 Å². The molecule has 0 bridgehead atoms. The van der Waals surface area contributed by atoms with Gasteiger partial charge in [-0.1, -0.05) is 6.07 Å². The molecular formula is C18H12F4NP. The molecule has 0 saturated heterocycles. The lowest BCUT2D eigenvalue weighted by atomic mass is 10.3. The fourth-order valence-electron chi connectivity index (χ4n) is 2.40. The third kappa shape index (κ3) is 3.62. The van der Waals surface area contributed by atoms with Crippen LogP contribution in [0.25, 0.3) is 0 Å². The minimum Gasteiger partial charge on any atom is -0.253 e. The van der Waals surface area contributed by atoms with Crippen LogP contribution < -0.4 is 16.0 Å². The SMILES string of the molecule is Cc1cccc(P(c2cc(F)cc(F)c2)c2cc(F)cc(F)c2)n1. The van der Waals surface area contributed by atoms with Crippen molar-refractivity contribution < 1.29 is 17.6 Å². The molecule has 0 N–H and O–H groups in total. The molecule has 6 heteroatoms. The van der Waals surface area contributed by atoms with Crippen molar-refractivity contribution in [3.63, 3.8) is 0 Å². The zero-order valence-corrected chi connectivity index (χ0v) is 13.5. The molecule has 3 rings (SSSR count). The molecule has 0 aliphatic carbocycles. The van der Waals surface area contributed by atoms with Crippen molar-refractivity contribution in [3.8, 4) is 0 Å². The maximum absolute atomic E-state index is 13.7. The van der Waals surface area contributed by atoms with E-state index < -0.39 is 31.2 Å². The number of benzene rings is 2. The van der Waals surface area contributed by atoms with Crippen molar-refractivity contribution in [2.24, 2.45) is 0 Å². The first-order valence-electron chi connectivity index (χ1n) is 7.08. The van der Waals surface area contributed by atoms with Gasteiger partial charge in [0.05, 0.1) is 5.44 Å². The standard InChI is InChI=1S/C18H12F4NP/c1-11-3-2-4-18(23-11)24(16-7-12(19)5-13(20)8-16)17-9-14(21)6-15(22)10-17/h2-10H,1H3. The van der Waals surface area contributed by atoms with Gasteiger partial charge in [0.25, 0.3) is 0 Å². The monoisotopic (exact) mass is 349 g/mol. The van der Waals surface area contributed by atoms with Crippen LogP contribution in [0.4, 0.5) is 17.6 Å². The fourth-order valence-corrected chi connectivity index (χ4v) is 4.73. The second-order valence-corrected chi connectivity index (χ2v) is 7.39. The quantitative estimate of drug-likeness (QED) is 0.519. The first kappa shape index (κ1) is 16.6. The summed E-state index contributed by atoms with van der Waals surface area (Å²) in [5.41, 5.74) is 1.22. The molecule has 0 aliphatic heterocycles. The highest BCUT2D eigenvalue weighted by atomic mass is 31.1. The summed E-state index contributed by atoms with van der Waals surface area (Å²) in [5.74, 6) is -2.99. The maximum atomic E-state index is 13.7. The molecule has 3 aromatic rings. The van der Waals surface area contributed by atoms with Crippen LogP contribution in [0, 0.1) is 30.2 Å². The van der Waals surface area contributed by atoms with Crippen molar-refractivity contribution in [2.75, 3.05) is 0 Å². The van der Waals surface area contributed by atoms with Crippen molar-refractivity contribution in [2.45, 2.75) is 6.92 Å². The summed E-state index contributed by atoms with van der Waals surface area (Å²) >= 11 is 0. The lowest BCUT2D eigenvalue weighted by molar-refractivity contribution is 0.585. The third-order valence-electron chi connectivity index (χ3n) is 3.31. The first-order valence-corrected chi connectivity index (χ1v) is 8.42. The predicted molar refractivity (Wildman–Crippen MR) is 87.5 cm³/mol. The van der Waals surface area contributed by atoms with E-state index in [1.165, 1.54) is 24.3 Å². The van der Waals surface area contributed by atoms with Gasteiger partial charge in [-0.15, -0.1) is 0 Å². The van der Waals surface area contributed by atoms with Crippen molar-refractivity contribution in [1.29, 1.82) is 0 Å². The van der Waals surface area contributed by atoms with Crippen LogP contribution in [0.2, 0.25) is 0 Å². The number of hydrogen-bond donors (Lipinski definition) is 0. The molecule has 24 heavy (non-hydrogen) atoms. The molecule has 0 amide bonds. The summed E-state index contributed by atoms with van der Waals surface area (Å²) in [6.45, 7) is 1.77. The molecule has 0 aliphatic rings. The van der Waals surface area contributed by atoms with E-state index in [2.05, 4.69) is 4.98 Å². The molecule has 0 unspecified atom stereocenters. The Morgan fingerprint density at radius 3 is 1.58 bits per heavy atom. The Balaban J connectivity index is 2.24. The number of aromatic nitrogens is 1. The van der Waals surface area contributed by atoms with Crippen LogP contribution in [-0.2, 0) is 0 Å². The van der Waals surface area contributed by atoms with Crippen molar-refractivity contribution in [3.05, 3.63) is 83.6 Å². The molecule has 0 spiro atoms. The van der Waals surface area contributed by atoms with Gasteiger partial charge in [-0.3, -0.25) is 4.98 Å². The highest BCUT2D eigenvalue weighted by Crippen LogP contribution is 2.33. The van der Waals surface area contributed by atoms with E-state index in [-0.39, 0.29) is 0 Å². The van der Waals surface area contributed by atoms with Crippen LogP contribution in [0.15, 0.2) is 54.6 Å². The van der Waals surface area contributed by atoms with Gasteiger partial charge >= 0.3 is 0 Å². The minimum absolute atomic E-state index is 0.297. The van der Waals surface area contributed by atoms with Gasteiger partial charge in [0.15, 0.2) is 0 Å². The Hall–Kier alpha value is -2.26. The van der Waals surface area contributed by atoms with Gasteiger partial charge in [0.2, 0.25) is 0 Å². The number of pyridine rings is 1. The molecule has 2 aromatic carbocycles. The van der Waals surface area contributed by atoms with E-state index in [1.807, 2.05) is 0 Å². The maximum Gasteiger partial charge on any atom is 0.126 e. The molecule has 1 aromatic heterocycles. The van der Waals surface area contributed by atoms with Gasteiger partial charge in [0, 0.05) is 25.7 Å². The predicted octanol–water partition coefficient (Wildman–Crippen LogP) is 3.70. The number of rotatable bonds is 3. The van der Waals surface area contributed by atoms with Gasteiger partial charge in [-0.25, -0.2) is 17.6 Å². The lowest BCUT2D eigenvalue weighted by Gasteiger charge is -2.19. The van der Waals surface area contributed by atoms with E-state index in [9.17, 15) is 17.6 Å². The summed E-state index contributed by atoms with van der Waals surface area (Å²) in [4.78, 5) is 4.38. The molecule has 1 nitrogen and oxygen atoms in total. The summed E-state index contributed by atoms with van der Waals surface area (Å²) in [7, 11) is -1.60. The van der Waals surface area contributed by atoms with Crippen molar-refractivity contribution >= 4 is 24.0 Å². The Morgan fingerprint density at radius 1 is 0.708 bits per heavy atom. The van der Waals surface area contributed by atoms with Crippen LogP contribution in [0.1, 0.15) is 5.69 Å². The molecule has 1 heterocycles. The molecule has 0 fully saturated rings. The van der Waals surface area contributed by atoms with Crippen LogP contribution in [0.5, 0.6) is 0 Å². The topological polar surface area (TPSA) is 12.9 Å². The molecule has 122 valence electrons. The molecular weight excluding hydrogens is 337 g/mol. The lowest BCUT2D eigenvalue weighted by Crippen LogP contribution is -2.24. The second kappa shape index (κ2) is 6.70. The number of aryl methyl sites for hydroxylation is 1. The Bertz CT molecular complexity index is 806. The Kier molecular flexibility index (Phi) is 4.63. The fraction of sp³-hybridized carbons (Fsp3) is 0.0556. The average Bonchev–Trinajstić information content (AvgIpc) is 2.45. The Morgan fingerprint density at radius 2 is 1.17 bits per heavy atom. The third-order valence-corrected chi connectivity index (χ3v) is 5.57. The average molecular weight is 349 g/mol. The zero-order valence-electron chi connectivity index (χ0n) is 12.6. The summed E-state index contributed by atoms with van der Waals surface area (Å²) in [6.07, 6.45) is 0. The highest BCUT2D eigenvalue weighted by molar-refractivity contribution is 7.79. The largest absolute Gasteiger partial charge is 0.253 e. The second-order valence-electron chi connectivity index (χ2n) is 5.23. The first-order chi connectivity index (χ1) is 11.4. The smallest absolute Gasteiger partial charge is 0.126 e. The highest BCUT2D eigenvalue weighted by Gasteiger charge is 2.21. The van der Waals surface area contributed by atoms with Crippen LogP contribution >= 0.6 is 7.92 Å². The molecule has 0 atom stereocenters. The Labute approximate surface area is 137 Å². The van der Waals surface area contributed by atoms with E-state index >= 15 is 0 Å². The van der Waals surface area contributed by atoms with Gasteiger partial charge in [0.1, 0.15) is 23.3 Å². The van der Waals surface area contributed by atoms with E-state index in [4.69, 9.17) is 0 Å². The van der Waals surface area contributed by atoms with Crippen LogP contribution in [-0.4, -0.2) is 4.98 Å². The van der Waals surface area contributed by atoms with E-state index in [0.29, 0.717) is 21.7 Å². The summed E-state index contributed by atoms with van der Waals surface area (Å²) < 4.78 is 54.6.